The Morgan fingerprint density at radius 2 is 1.31 bits per heavy atom. The molecule has 42 heavy (non-hydrogen) atoms. The number of rotatable bonds is 6. The molecule has 7 rings (SSSR count). The van der Waals surface area contributed by atoms with Crippen LogP contribution in [0.2, 0.25) is 0 Å². The Kier molecular flexibility index (Phi) is 6.56. The van der Waals surface area contributed by atoms with Crippen LogP contribution >= 0.6 is 0 Å². The van der Waals surface area contributed by atoms with Gasteiger partial charge >= 0.3 is 0 Å². The molecule has 0 radical (unpaired) electrons. The molecule has 4 heteroatoms. The van der Waals surface area contributed by atoms with Crippen molar-refractivity contribution in [3.8, 4) is 0 Å². The quantitative estimate of drug-likeness (QED) is 0.226. The number of nitrogens with one attached hydrogen (secondary N) is 1. The molecule has 0 aliphatic carbocycles. The molecule has 2 heterocycles. The highest BCUT2D eigenvalue weighted by Gasteiger charge is 2.65. The predicted octanol–water partition coefficient (Wildman–Crippen LogP) is 7.36. The topological polar surface area (TPSA) is 49.4 Å². The maximum absolute atomic E-state index is 15.1. The number of benzene rings is 5. The van der Waals surface area contributed by atoms with Gasteiger partial charge in [-0.15, -0.1) is 0 Å². The fourth-order valence-electron chi connectivity index (χ4n) is 7.01. The Morgan fingerprint density at radius 1 is 0.714 bits per heavy atom. The second-order valence-corrected chi connectivity index (χ2v) is 11.4. The smallest absolute Gasteiger partial charge is 0.252 e. The number of hydrogen-bond acceptors (Lipinski definition) is 3. The van der Waals surface area contributed by atoms with Crippen LogP contribution in [0, 0.1) is 12.8 Å². The van der Waals surface area contributed by atoms with Crippen LogP contribution in [0.15, 0.2) is 140 Å². The molecule has 0 unspecified atom stereocenters. The normalized spacial score (nSPS) is 22.8. The van der Waals surface area contributed by atoms with Crippen molar-refractivity contribution < 1.29 is 9.59 Å². The van der Waals surface area contributed by atoms with Crippen LogP contribution in [0.5, 0.6) is 0 Å². The lowest BCUT2D eigenvalue weighted by Crippen LogP contribution is -2.50. The van der Waals surface area contributed by atoms with Crippen molar-refractivity contribution in [2.75, 3.05) is 4.90 Å². The highest BCUT2D eigenvalue weighted by molar-refractivity contribution is 6.10. The third-order valence-corrected chi connectivity index (χ3v) is 8.91. The fraction of sp³-hybridized carbons (Fsp3) is 0.158. The van der Waals surface area contributed by atoms with E-state index in [1.54, 1.807) is 0 Å². The zero-order valence-electron chi connectivity index (χ0n) is 23.5. The minimum absolute atomic E-state index is 0.0260. The summed E-state index contributed by atoms with van der Waals surface area (Å²) in [6.07, 6.45) is 0. The van der Waals surface area contributed by atoms with Crippen LogP contribution in [-0.2, 0) is 16.9 Å². The van der Waals surface area contributed by atoms with E-state index in [0.717, 1.165) is 33.5 Å². The van der Waals surface area contributed by atoms with Gasteiger partial charge in [0.15, 0.2) is 5.78 Å². The number of ketones is 1. The molecule has 5 aromatic carbocycles. The van der Waals surface area contributed by atoms with E-state index in [0.29, 0.717) is 12.1 Å². The fourth-order valence-corrected chi connectivity index (χ4v) is 7.01. The summed E-state index contributed by atoms with van der Waals surface area (Å²) in [5.74, 6) is -0.952. The molecule has 1 spiro atoms. The molecular weight excluding hydrogens is 516 g/mol. The van der Waals surface area contributed by atoms with E-state index in [2.05, 4.69) is 66.8 Å². The summed E-state index contributed by atoms with van der Waals surface area (Å²) < 4.78 is 0. The Morgan fingerprint density at radius 3 is 2.00 bits per heavy atom. The van der Waals surface area contributed by atoms with Crippen LogP contribution < -0.4 is 10.2 Å². The average molecular weight is 549 g/mol. The predicted molar refractivity (Wildman–Crippen MR) is 166 cm³/mol. The van der Waals surface area contributed by atoms with Gasteiger partial charge in [-0.05, 0) is 29.7 Å². The highest BCUT2D eigenvalue weighted by atomic mass is 16.2. The monoisotopic (exact) mass is 548 g/mol. The van der Waals surface area contributed by atoms with Crippen molar-refractivity contribution in [2.45, 2.75) is 31.0 Å². The lowest BCUT2D eigenvalue weighted by atomic mass is 9.69. The molecule has 4 nitrogen and oxygen atoms in total. The van der Waals surface area contributed by atoms with Gasteiger partial charge in [0.2, 0.25) is 0 Å². The molecule has 5 aromatic rings. The SMILES string of the molecule is Cc1ccc([C@@H]2N[C@@]3(C(=O)N(Cc4ccccc4)c4ccccc43)[C@@H](c3ccccc3)[C@@H]2C(=O)c2ccccc2)cc1. The van der Waals surface area contributed by atoms with Crippen LogP contribution in [-0.4, -0.2) is 11.7 Å². The van der Waals surface area contributed by atoms with Gasteiger partial charge in [-0.3, -0.25) is 14.9 Å². The number of Topliss-reactive ketones (excluding diaryl/α,β-unsaturated/α-hetero) is 1. The van der Waals surface area contributed by atoms with Gasteiger partial charge < -0.3 is 4.90 Å². The first-order valence-electron chi connectivity index (χ1n) is 14.5. The van der Waals surface area contributed by atoms with Gasteiger partial charge in [0.25, 0.3) is 5.91 Å². The first-order valence-corrected chi connectivity index (χ1v) is 14.5. The van der Waals surface area contributed by atoms with Crippen molar-refractivity contribution in [1.29, 1.82) is 0 Å². The summed E-state index contributed by atoms with van der Waals surface area (Å²) in [6.45, 7) is 2.51. The van der Waals surface area contributed by atoms with Gasteiger partial charge in [-0.1, -0.05) is 139 Å². The number of carbonyl (C=O) groups is 2. The van der Waals surface area contributed by atoms with Crippen molar-refractivity contribution in [3.05, 3.63) is 173 Å². The van der Waals surface area contributed by atoms with E-state index >= 15 is 4.79 Å². The van der Waals surface area contributed by atoms with Crippen molar-refractivity contribution >= 4 is 17.4 Å². The largest absolute Gasteiger partial charge is 0.306 e. The van der Waals surface area contributed by atoms with Crippen LogP contribution in [0.1, 0.15) is 50.1 Å². The molecule has 2 aliphatic rings. The third-order valence-electron chi connectivity index (χ3n) is 8.91. The maximum Gasteiger partial charge on any atom is 0.252 e. The molecule has 206 valence electrons. The summed E-state index contributed by atoms with van der Waals surface area (Å²) in [6, 6.07) is 45.7. The lowest BCUT2D eigenvalue weighted by molar-refractivity contribution is -0.124. The van der Waals surface area contributed by atoms with Crippen LogP contribution in [0.4, 0.5) is 5.69 Å². The summed E-state index contributed by atoms with van der Waals surface area (Å²) in [5.41, 5.74) is 5.50. The number of para-hydroxylation sites is 1. The Hall–Kier alpha value is -4.80. The molecule has 0 saturated carbocycles. The number of nitrogens with zero attached hydrogens (tertiary/aromatic N) is 1. The van der Waals surface area contributed by atoms with Crippen molar-refractivity contribution in [2.24, 2.45) is 5.92 Å². The number of anilines is 1. The molecule has 1 amide bonds. The van der Waals surface area contributed by atoms with Gasteiger partial charge in [0, 0.05) is 28.8 Å². The number of carbonyl (C=O) groups excluding carboxylic acids is 2. The Balaban J connectivity index is 1.46. The molecule has 2 aliphatic heterocycles. The first kappa shape index (κ1) is 26.1. The number of fused-ring (bicyclic) bond motifs is 2. The first-order chi connectivity index (χ1) is 20.6. The average Bonchev–Trinajstić information content (AvgIpc) is 3.52. The van der Waals surface area contributed by atoms with Crippen molar-refractivity contribution in [1.82, 2.24) is 5.32 Å². The van der Waals surface area contributed by atoms with Crippen LogP contribution in [0.3, 0.4) is 0 Å². The zero-order chi connectivity index (χ0) is 28.7. The second kappa shape index (κ2) is 10.6. The zero-order valence-corrected chi connectivity index (χ0v) is 23.5. The highest BCUT2D eigenvalue weighted by Crippen LogP contribution is 2.59. The summed E-state index contributed by atoms with van der Waals surface area (Å²) >= 11 is 0. The van der Waals surface area contributed by atoms with Crippen LogP contribution in [0.25, 0.3) is 0 Å². The number of amides is 1. The number of hydrogen-bond donors (Lipinski definition) is 1. The van der Waals surface area contributed by atoms with E-state index in [1.807, 2.05) is 89.8 Å². The summed E-state index contributed by atoms with van der Waals surface area (Å²) in [4.78, 5) is 31.6. The molecule has 1 N–H and O–H groups in total. The summed E-state index contributed by atoms with van der Waals surface area (Å²) in [5, 5.41) is 3.86. The summed E-state index contributed by atoms with van der Waals surface area (Å²) in [7, 11) is 0. The molecule has 1 fully saturated rings. The van der Waals surface area contributed by atoms with E-state index in [-0.39, 0.29) is 17.7 Å². The lowest BCUT2D eigenvalue weighted by Gasteiger charge is -2.33. The number of aryl methyl sites for hydroxylation is 1. The molecular formula is C38H32N2O2. The molecule has 4 atom stereocenters. The Labute approximate surface area is 246 Å². The van der Waals surface area contributed by atoms with Gasteiger partial charge in [0.05, 0.1) is 12.5 Å². The molecule has 1 saturated heterocycles. The molecule has 0 aromatic heterocycles. The minimum atomic E-state index is -1.13. The van der Waals surface area contributed by atoms with Gasteiger partial charge in [-0.25, -0.2) is 0 Å². The Bertz CT molecular complexity index is 1740. The second-order valence-electron chi connectivity index (χ2n) is 11.4. The van der Waals surface area contributed by atoms with E-state index in [9.17, 15) is 4.79 Å². The van der Waals surface area contributed by atoms with Gasteiger partial charge in [0.1, 0.15) is 5.54 Å². The van der Waals surface area contributed by atoms with E-state index < -0.39 is 17.4 Å². The standard InChI is InChI=1S/C38H32N2O2/c1-26-21-23-29(24-22-26)35-33(36(41)30-17-9-4-10-18-30)34(28-15-7-3-8-16-28)38(39-35)31-19-11-12-20-32(31)40(37(38)42)25-27-13-5-2-6-14-27/h2-24,33-35,39H,25H2,1H3/t33-,34-,35-,38+/m0/s1. The third kappa shape index (κ3) is 4.18. The molecule has 0 bridgehead atoms. The minimum Gasteiger partial charge on any atom is -0.306 e. The van der Waals surface area contributed by atoms with Gasteiger partial charge in [-0.2, -0.15) is 0 Å². The van der Waals surface area contributed by atoms with E-state index in [1.165, 1.54) is 0 Å². The van der Waals surface area contributed by atoms with Crippen molar-refractivity contribution in [3.63, 3.8) is 0 Å². The van der Waals surface area contributed by atoms with E-state index in [4.69, 9.17) is 0 Å². The maximum atomic E-state index is 15.1.